The highest BCUT2D eigenvalue weighted by Gasteiger charge is 2.08. The van der Waals surface area contributed by atoms with Crippen molar-refractivity contribution in [1.82, 2.24) is 4.98 Å². The van der Waals surface area contributed by atoms with E-state index in [2.05, 4.69) is 28.9 Å². The monoisotopic (exact) mass is 242 g/mol. The molecule has 0 fully saturated rings. The molecule has 0 aliphatic heterocycles. The quantitative estimate of drug-likeness (QED) is 0.893. The molecular formula is C15H18N2O. The van der Waals surface area contributed by atoms with E-state index in [0.717, 1.165) is 23.6 Å². The number of hydrogen-bond donors (Lipinski definition) is 1. The Labute approximate surface area is 108 Å². The van der Waals surface area contributed by atoms with Gasteiger partial charge in [0.15, 0.2) is 0 Å². The van der Waals surface area contributed by atoms with Crippen LogP contribution < -0.4 is 4.90 Å². The molecule has 1 unspecified atom stereocenters. The first-order chi connectivity index (χ1) is 8.72. The fraction of sp³-hybridized carbons (Fsp3) is 0.267. The number of aliphatic hydroxyl groups excluding tert-OH is 1. The lowest BCUT2D eigenvalue weighted by Crippen LogP contribution is -2.17. The number of aromatic nitrogens is 1. The van der Waals surface area contributed by atoms with Crippen molar-refractivity contribution in [2.24, 2.45) is 0 Å². The SMILES string of the molecule is CCN(c1ccccc1)c1ccc(C(C)O)cn1. The zero-order valence-corrected chi connectivity index (χ0v) is 10.7. The normalized spacial score (nSPS) is 12.2. The van der Waals surface area contributed by atoms with Crippen LogP contribution in [0.5, 0.6) is 0 Å². The second-order valence-electron chi connectivity index (χ2n) is 4.21. The van der Waals surface area contributed by atoms with Crippen molar-refractivity contribution in [1.29, 1.82) is 0 Å². The summed E-state index contributed by atoms with van der Waals surface area (Å²) in [5.41, 5.74) is 1.96. The van der Waals surface area contributed by atoms with Crippen LogP contribution in [-0.2, 0) is 0 Å². The molecule has 94 valence electrons. The lowest BCUT2D eigenvalue weighted by atomic mass is 10.2. The van der Waals surface area contributed by atoms with Gasteiger partial charge in [-0.3, -0.25) is 0 Å². The van der Waals surface area contributed by atoms with E-state index in [1.165, 1.54) is 0 Å². The second kappa shape index (κ2) is 5.65. The molecule has 1 aromatic heterocycles. The Morgan fingerprint density at radius 1 is 1.17 bits per heavy atom. The minimum atomic E-state index is -0.474. The summed E-state index contributed by atoms with van der Waals surface area (Å²) in [5.74, 6) is 0.896. The molecule has 0 saturated heterocycles. The Balaban J connectivity index is 2.28. The van der Waals surface area contributed by atoms with Gasteiger partial charge in [-0.25, -0.2) is 4.98 Å². The predicted molar refractivity (Wildman–Crippen MR) is 74.0 cm³/mol. The molecule has 0 amide bonds. The van der Waals surface area contributed by atoms with E-state index in [0.29, 0.717) is 0 Å². The highest BCUT2D eigenvalue weighted by molar-refractivity contribution is 5.59. The molecule has 3 heteroatoms. The third kappa shape index (κ3) is 2.68. The fourth-order valence-electron chi connectivity index (χ4n) is 1.89. The Morgan fingerprint density at radius 2 is 1.89 bits per heavy atom. The molecule has 1 heterocycles. The molecule has 1 aromatic carbocycles. The van der Waals surface area contributed by atoms with Crippen molar-refractivity contribution in [3.05, 3.63) is 54.2 Å². The standard InChI is InChI=1S/C15H18N2O/c1-3-17(14-7-5-4-6-8-14)15-10-9-13(11-16-15)12(2)18/h4-12,18H,3H2,1-2H3. The van der Waals surface area contributed by atoms with Gasteiger partial charge in [0, 0.05) is 18.4 Å². The summed E-state index contributed by atoms with van der Waals surface area (Å²) in [6, 6.07) is 14.0. The largest absolute Gasteiger partial charge is 0.389 e. The molecule has 0 spiro atoms. The molecule has 18 heavy (non-hydrogen) atoms. The maximum Gasteiger partial charge on any atom is 0.132 e. The molecule has 0 aliphatic carbocycles. The summed E-state index contributed by atoms with van der Waals surface area (Å²) < 4.78 is 0. The van der Waals surface area contributed by atoms with Gasteiger partial charge < -0.3 is 10.0 Å². The van der Waals surface area contributed by atoms with Crippen LogP contribution in [-0.4, -0.2) is 16.6 Å². The summed E-state index contributed by atoms with van der Waals surface area (Å²) >= 11 is 0. The minimum Gasteiger partial charge on any atom is -0.389 e. The molecule has 0 saturated carbocycles. The highest BCUT2D eigenvalue weighted by Crippen LogP contribution is 2.23. The number of para-hydroxylation sites is 1. The van der Waals surface area contributed by atoms with Gasteiger partial charge in [0.25, 0.3) is 0 Å². The number of nitrogens with zero attached hydrogens (tertiary/aromatic N) is 2. The van der Waals surface area contributed by atoms with E-state index in [9.17, 15) is 5.11 Å². The average molecular weight is 242 g/mol. The topological polar surface area (TPSA) is 36.4 Å². The first-order valence-electron chi connectivity index (χ1n) is 6.19. The van der Waals surface area contributed by atoms with E-state index in [1.54, 1.807) is 13.1 Å². The van der Waals surface area contributed by atoms with Gasteiger partial charge in [-0.15, -0.1) is 0 Å². The zero-order valence-electron chi connectivity index (χ0n) is 10.7. The smallest absolute Gasteiger partial charge is 0.132 e. The summed E-state index contributed by atoms with van der Waals surface area (Å²) in [7, 11) is 0. The molecule has 1 N–H and O–H groups in total. The second-order valence-corrected chi connectivity index (χ2v) is 4.21. The Kier molecular flexibility index (Phi) is 3.95. The molecule has 3 nitrogen and oxygen atoms in total. The van der Waals surface area contributed by atoms with Crippen LogP contribution in [0.25, 0.3) is 0 Å². The zero-order chi connectivity index (χ0) is 13.0. The molecule has 1 atom stereocenters. The third-order valence-corrected chi connectivity index (χ3v) is 2.91. The lowest BCUT2D eigenvalue weighted by Gasteiger charge is -2.22. The summed E-state index contributed by atoms with van der Waals surface area (Å²) in [5, 5.41) is 9.47. The highest BCUT2D eigenvalue weighted by atomic mass is 16.3. The first-order valence-corrected chi connectivity index (χ1v) is 6.19. The summed E-state index contributed by atoms with van der Waals surface area (Å²) in [4.78, 5) is 6.54. The van der Waals surface area contributed by atoms with Crippen molar-refractivity contribution in [2.75, 3.05) is 11.4 Å². The van der Waals surface area contributed by atoms with Crippen LogP contribution in [0.3, 0.4) is 0 Å². The maximum atomic E-state index is 9.47. The molecule has 2 rings (SSSR count). The van der Waals surface area contributed by atoms with Crippen LogP contribution >= 0.6 is 0 Å². The van der Waals surface area contributed by atoms with E-state index < -0.39 is 6.10 Å². The Morgan fingerprint density at radius 3 is 2.39 bits per heavy atom. The van der Waals surface area contributed by atoms with Gasteiger partial charge in [0.1, 0.15) is 5.82 Å². The first kappa shape index (κ1) is 12.6. The van der Waals surface area contributed by atoms with Crippen molar-refractivity contribution in [2.45, 2.75) is 20.0 Å². The van der Waals surface area contributed by atoms with Crippen molar-refractivity contribution in [3.8, 4) is 0 Å². The van der Waals surface area contributed by atoms with Crippen LogP contribution in [0, 0.1) is 0 Å². The number of pyridine rings is 1. The van der Waals surface area contributed by atoms with Crippen LogP contribution in [0.15, 0.2) is 48.7 Å². The number of benzene rings is 1. The van der Waals surface area contributed by atoms with Gasteiger partial charge in [-0.05, 0) is 37.6 Å². The van der Waals surface area contributed by atoms with Crippen LogP contribution in [0.1, 0.15) is 25.5 Å². The summed E-state index contributed by atoms with van der Waals surface area (Å²) in [6.45, 7) is 4.69. The minimum absolute atomic E-state index is 0.474. The fourth-order valence-corrected chi connectivity index (χ4v) is 1.89. The lowest BCUT2D eigenvalue weighted by molar-refractivity contribution is 0.199. The third-order valence-electron chi connectivity index (χ3n) is 2.91. The van der Waals surface area contributed by atoms with Crippen LogP contribution in [0.2, 0.25) is 0 Å². The maximum absolute atomic E-state index is 9.47. The number of rotatable bonds is 4. The van der Waals surface area contributed by atoms with Crippen molar-refractivity contribution < 1.29 is 5.11 Å². The van der Waals surface area contributed by atoms with E-state index in [1.807, 2.05) is 30.3 Å². The van der Waals surface area contributed by atoms with Crippen molar-refractivity contribution in [3.63, 3.8) is 0 Å². The Bertz CT molecular complexity index is 480. The molecule has 2 aromatic rings. The van der Waals surface area contributed by atoms with Gasteiger partial charge in [0.05, 0.1) is 6.10 Å². The molecule has 0 radical (unpaired) electrons. The molecule has 0 aliphatic rings. The molecule has 0 bridgehead atoms. The predicted octanol–water partition coefficient (Wildman–Crippen LogP) is 3.29. The van der Waals surface area contributed by atoms with Crippen molar-refractivity contribution >= 4 is 11.5 Å². The van der Waals surface area contributed by atoms with Gasteiger partial charge in [0.2, 0.25) is 0 Å². The molecular weight excluding hydrogens is 224 g/mol. The number of anilines is 2. The van der Waals surface area contributed by atoms with Crippen LogP contribution in [0.4, 0.5) is 11.5 Å². The van der Waals surface area contributed by atoms with E-state index in [-0.39, 0.29) is 0 Å². The Hall–Kier alpha value is -1.87. The number of aliphatic hydroxyl groups is 1. The van der Waals surface area contributed by atoms with E-state index >= 15 is 0 Å². The van der Waals surface area contributed by atoms with Gasteiger partial charge in [-0.2, -0.15) is 0 Å². The number of hydrogen-bond acceptors (Lipinski definition) is 3. The van der Waals surface area contributed by atoms with E-state index in [4.69, 9.17) is 0 Å². The average Bonchev–Trinajstić information content (AvgIpc) is 2.41. The van der Waals surface area contributed by atoms with Gasteiger partial charge >= 0.3 is 0 Å². The van der Waals surface area contributed by atoms with Gasteiger partial charge in [-0.1, -0.05) is 24.3 Å². The summed E-state index contributed by atoms with van der Waals surface area (Å²) in [6.07, 6.45) is 1.25.